The van der Waals surface area contributed by atoms with E-state index in [0.29, 0.717) is 0 Å². The maximum Gasteiger partial charge on any atom is 0.278 e. The minimum Gasteiger partial charge on any atom is -0.345 e. The summed E-state index contributed by atoms with van der Waals surface area (Å²) in [7, 11) is 0. The molecule has 0 spiro atoms. The van der Waals surface area contributed by atoms with Gasteiger partial charge >= 0.3 is 0 Å². The van der Waals surface area contributed by atoms with Gasteiger partial charge in [-0.3, -0.25) is 4.79 Å². The third-order valence-electron chi connectivity index (χ3n) is 2.16. The van der Waals surface area contributed by atoms with Crippen LogP contribution in [-0.4, -0.2) is 17.7 Å². The highest BCUT2D eigenvalue weighted by Crippen LogP contribution is 2.19. The number of carbonyl (C=O) groups is 1. The van der Waals surface area contributed by atoms with Crippen molar-refractivity contribution in [3.05, 3.63) is 35.6 Å². The number of aliphatic hydroxyl groups is 1. The molecule has 1 rings (SSSR count). The van der Waals surface area contributed by atoms with Gasteiger partial charge in [0.2, 0.25) is 5.91 Å². The van der Waals surface area contributed by atoms with Gasteiger partial charge in [-0.15, -0.1) is 12.4 Å². The van der Waals surface area contributed by atoms with E-state index >= 15 is 0 Å². The maximum absolute atomic E-state index is 12.8. The Labute approximate surface area is 111 Å². The van der Waals surface area contributed by atoms with Crippen molar-refractivity contribution in [1.82, 2.24) is 5.32 Å². The highest BCUT2D eigenvalue weighted by molar-refractivity contribution is 5.85. The molecule has 1 atom stereocenters. The molecule has 18 heavy (non-hydrogen) atoms. The molecule has 0 heterocycles. The van der Waals surface area contributed by atoms with Crippen molar-refractivity contribution in [1.29, 1.82) is 0 Å². The summed E-state index contributed by atoms with van der Waals surface area (Å²) in [5, 5.41) is 12.4. The number of carbonyl (C=O) groups excluding carboxylic acids is 1. The molecule has 0 aliphatic carbocycles. The van der Waals surface area contributed by atoms with E-state index in [9.17, 15) is 14.3 Å². The van der Waals surface area contributed by atoms with E-state index in [0.717, 1.165) is 12.1 Å². The summed E-state index contributed by atoms with van der Waals surface area (Å²) < 4.78 is 17.7. The molecule has 7 heteroatoms. The van der Waals surface area contributed by atoms with Crippen LogP contribution in [0.1, 0.15) is 18.9 Å². The Morgan fingerprint density at radius 3 is 2.50 bits per heavy atom. The van der Waals surface area contributed by atoms with Crippen LogP contribution in [0.4, 0.5) is 4.39 Å². The van der Waals surface area contributed by atoms with E-state index in [1.54, 1.807) is 6.92 Å². The molecule has 0 aromatic heterocycles. The van der Waals surface area contributed by atoms with E-state index in [2.05, 4.69) is 5.32 Å². The molecule has 0 radical (unpaired) electrons. The van der Waals surface area contributed by atoms with E-state index in [-0.39, 0.29) is 31.1 Å². The first-order valence-electron chi connectivity index (χ1n) is 5.15. The Hall–Kier alpha value is -1.21. The van der Waals surface area contributed by atoms with Gasteiger partial charge in [0, 0.05) is 12.0 Å². The molecule has 0 bridgehead atoms. The number of nitrogens with two attached hydrogens (primary N) is 1. The molecular formula is C11H16ClFN2O3. The van der Waals surface area contributed by atoms with Gasteiger partial charge < -0.3 is 20.9 Å². The molecule has 1 aromatic carbocycles. The fraction of sp³-hybridized carbons (Fsp3) is 0.364. The van der Waals surface area contributed by atoms with Crippen molar-refractivity contribution < 1.29 is 19.0 Å². The predicted molar refractivity (Wildman–Crippen MR) is 66.1 cm³/mol. The minimum absolute atomic E-state index is 0. The van der Waals surface area contributed by atoms with Crippen LogP contribution in [0.3, 0.4) is 0 Å². The lowest BCUT2D eigenvalue weighted by molar-refractivity contribution is -0.232. The lowest BCUT2D eigenvalue weighted by Gasteiger charge is -2.28. The van der Waals surface area contributed by atoms with Gasteiger partial charge in [0.05, 0.1) is 6.73 Å². The van der Waals surface area contributed by atoms with Gasteiger partial charge in [-0.1, -0.05) is 6.92 Å². The van der Waals surface area contributed by atoms with E-state index in [1.165, 1.54) is 12.1 Å². The van der Waals surface area contributed by atoms with Crippen LogP contribution >= 0.6 is 12.4 Å². The van der Waals surface area contributed by atoms with Crippen LogP contribution in [0, 0.1) is 5.82 Å². The molecule has 1 aromatic rings. The summed E-state index contributed by atoms with van der Waals surface area (Å²) in [6, 6.07) is 4.92. The number of ether oxygens (including phenoxy) is 1. The van der Waals surface area contributed by atoms with Gasteiger partial charge in [-0.05, 0) is 24.3 Å². The fourth-order valence-corrected chi connectivity index (χ4v) is 1.27. The molecule has 0 aliphatic heterocycles. The molecule has 5 nitrogen and oxygen atoms in total. The van der Waals surface area contributed by atoms with E-state index < -0.39 is 17.6 Å². The summed E-state index contributed by atoms with van der Waals surface area (Å²) >= 11 is 0. The number of halogens is 2. The van der Waals surface area contributed by atoms with Crippen LogP contribution in [0.2, 0.25) is 0 Å². The Morgan fingerprint density at radius 1 is 1.50 bits per heavy atom. The maximum atomic E-state index is 12.8. The molecular weight excluding hydrogens is 263 g/mol. The monoisotopic (exact) mass is 278 g/mol. The highest BCUT2D eigenvalue weighted by atomic mass is 35.5. The van der Waals surface area contributed by atoms with Gasteiger partial charge in [0.15, 0.2) is 0 Å². The van der Waals surface area contributed by atoms with Gasteiger partial charge in [0.25, 0.3) is 5.91 Å². The average molecular weight is 279 g/mol. The molecule has 0 saturated carbocycles. The largest absolute Gasteiger partial charge is 0.345 e. The van der Waals surface area contributed by atoms with Crippen molar-refractivity contribution in [2.24, 2.45) is 5.73 Å². The lowest BCUT2D eigenvalue weighted by Crippen LogP contribution is -2.48. The molecule has 102 valence electrons. The Balaban J connectivity index is 0.00000289. The Bertz CT molecular complexity index is 388. The van der Waals surface area contributed by atoms with Crippen LogP contribution in [0.15, 0.2) is 24.3 Å². The third kappa shape index (κ3) is 4.23. The quantitative estimate of drug-likeness (QED) is 0.696. The van der Waals surface area contributed by atoms with Gasteiger partial charge in [-0.25, -0.2) is 4.39 Å². The second-order valence-corrected chi connectivity index (χ2v) is 3.36. The third-order valence-corrected chi connectivity index (χ3v) is 2.16. The first-order chi connectivity index (χ1) is 8.01. The van der Waals surface area contributed by atoms with Crippen molar-refractivity contribution in [2.75, 3.05) is 6.73 Å². The zero-order valence-corrected chi connectivity index (χ0v) is 10.7. The first-order valence-corrected chi connectivity index (χ1v) is 5.15. The molecule has 1 amide bonds. The summed E-state index contributed by atoms with van der Waals surface area (Å²) in [6.45, 7) is 1.33. The zero-order chi connectivity index (χ0) is 12.9. The Morgan fingerprint density at radius 2 is 2.06 bits per heavy atom. The van der Waals surface area contributed by atoms with Crippen LogP contribution < -0.4 is 11.1 Å². The second-order valence-electron chi connectivity index (χ2n) is 3.36. The summed E-state index contributed by atoms with van der Waals surface area (Å²) in [6.07, 6.45) is 0.178. The predicted octanol–water partition coefficient (Wildman–Crippen LogP) is 0.809. The molecule has 0 saturated heterocycles. The standard InChI is InChI=1S/C11H15FN2O3.ClH/c1-2-10(15)14-11(16,17-7-13)8-3-5-9(12)6-4-8;/h3-6,16H,2,7,13H2,1H3,(H,14,15);1H. The van der Waals surface area contributed by atoms with Gasteiger partial charge in [0.1, 0.15) is 5.82 Å². The topological polar surface area (TPSA) is 84.6 Å². The summed E-state index contributed by atoms with van der Waals surface area (Å²) in [5.74, 6) is -2.90. The zero-order valence-electron chi connectivity index (χ0n) is 9.85. The second kappa shape index (κ2) is 7.27. The molecule has 4 N–H and O–H groups in total. The van der Waals surface area contributed by atoms with E-state index in [1.807, 2.05) is 0 Å². The normalized spacial score (nSPS) is 13.3. The number of nitrogens with one attached hydrogen (secondary N) is 1. The fourth-order valence-electron chi connectivity index (χ4n) is 1.27. The molecule has 1 unspecified atom stereocenters. The SMILES string of the molecule is CCC(=O)NC(O)(OCN)c1ccc(F)cc1.Cl. The van der Waals surface area contributed by atoms with E-state index in [4.69, 9.17) is 10.5 Å². The number of hydrogen-bond acceptors (Lipinski definition) is 4. The average Bonchev–Trinajstić information content (AvgIpc) is 2.29. The summed E-state index contributed by atoms with van der Waals surface area (Å²) in [4.78, 5) is 11.3. The van der Waals surface area contributed by atoms with Crippen LogP contribution in [0.5, 0.6) is 0 Å². The van der Waals surface area contributed by atoms with Crippen LogP contribution in [0.25, 0.3) is 0 Å². The highest BCUT2D eigenvalue weighted by Gasteiger charge is 2.31. The van der Waals surface area contributed by atoms with Crippen molar-refractivity contribution in [3.63, 3.8) is 0 Å². The smallest absolute Gasteiger partial charge is 0.278 e. The van der Waals surface area contributed by atoms with Crippen molar-refractivity contribution >= 4 is 18.3 Å². The Kier molecular flexibility index (Phi) is 6.79. The van der Waals surface area contributed by atoms with Crippen LogP contribution in [-0.2, 0) is 15.4 Å². The minimum atomic E-state index is -2.03. The number of amides is 1. The van der Waals surface area contributed by atoms with Crippen molar-refractivity contribution in [3.8, 4) is 0 Å². The molecule has 0 fully saturated rings. The lowest BCUT2D eigenvalue weighted by atomic mass is 10.1. The van der Waals surface area contributed by atoms with Crippen molar-refractivity contribution in [2.45, 2.75) is 19.3 Å². The first kappa shape index (κ1) is 16.8. The number of hydrogen-bond donors (Lipinski definition) is 3. The number of benzene rings is 1. The number of rotatable bonds is 5. The molecule has 0 aliphatic rings. The summed E-state index contributed by atoms with van der Waals surface area (Å²) in [5.41, 5.74) is 5.39. The van der Waals surface area contributed by atoms with Gasteiger partial charge in [-0.2, -0.15) is 0 Å².